The predicted molar refractivity (Wildman–Crippen MR) is 96.2 cm³/mol. The van der Waals surface area contributed by atoms with Crippen molar-refractivity contribution in [3.05, 3.63) is 75.7 Å². The van der Waals surface area contributed by atoms with Crippen LogP contribution in [-0.2, 0) is 0 Å². The van der Waals surface area contributed by atoms with E-state index in [1.54, 1.807) is 0 Å². The first-order chi connectivity index (χ1) is 10.3. The summed E-state index contributed by atoms with van der Waals surface area (Å²) in [5, 5.41) is 2.56. The lowest BCUT2D eigenvalue weighted by Gasteiger charge is -2.10. The quantitative estimate of drug-likeness (QED) is 0.353. The molecule has 0 N–H and O–H groups in total. The summed E-state index contributed by atoms with van der Waals surface area (Å²) in [4.78, 5) is 0. The van der Waals surface area contributed by atoms with Crippen LogP contribution in [0.5, 0.6) is 0 Å². The van der Waals surface area contributed by atoms with Crippen molar-refractivity contribution in [3.8, 4) is 5.69 Å². The van der Waals surface area contributed by atoms with Crippen molar-refractivity contribution in [2.45, 2.75) is 0 Å². The van der Waals surface area contributed by atoms with Crippen LogP contribution in [0.25, 0.3) is 27.5 Å². The average molecular weight is 401 g/mol. The highest BCUT2D eigenvalue weighted by atomic mass is 79.9. The monoisotopic (exact) mass is 399 g/mol. The lowest BCUT2D eigenvalue weighted by atomic mass is 10.2. The fraction of sp³-hybridized carbons (Fsp3) is 0. The van der Waals surface area contributed by atoms with E-state index in [9.17, 15) is 0 Å². The van der Waals surface area contributed by atoms with Crippen LogP contribution in [0.1, 0.15) is 0 Å². The average Bonchev–Trinajstić information content (AvgIpc) is 2.82. The Kier molecular flexibility index (Phi) is 3.12. The molecule has 21 heavy (non-hydrogen) atoms. The number of aromatic nitrogens is 1. The highest BCUT2D eigenvalue weighted by molar-refractivity contribution is 9.11. The Morgan fingerprint density at radius 2 is 1.24 bits per heavy atom. The molecule has 0 atom stereocenters. The fourth-order valence-electron chi connectivity index (χ4n) is 2.84. The minimum absolute atomic E-state index is 1.07. The van der Waals surface area contributed by atoms with Gasteiger partial charge >= 0.3 is 0 Å². The van der Waals surface area contributed by atoms with E-state index in [1.807, 2.05) is 0 Å². The molecule has 0 fully saturated rings. The summed E-state index contributed by atoms with van der Waals surface area (Å²) in [6.45, 7) is 0. The molecule has 4 aromatic rings. The van der Waals surface area contributed by atoms with Gasteiger partial charge in [0, 0.05) is 19.7 Å². The topological polar surface area (TPSA) is 4.93 Å². The lowest BCUT2D eigenvalue weighted by molar-refractivity contribution is 1.17. The maximum atomic E-state index is 3.69. The van der Waals surface area contributed by atoms with Gasteiger partial charge in [-0.05, 0) is 46.3 Å². The molecule has 0 saturated heterocycles. The summed E-state index contributed by atoms with van der Waals surface area (Å²) >= 11 is 7.21. The van der Waals surface area contributed by atoms with E-state index >= 15 is 0 Å². The van der Waals surface area contributed by atoms with Gasteiger partial charge in [-0.3, -0.25) is 0 Å². The molecule has 0 radical (unpaired) electrons. The van der Waals surface area contributed by atoms with Crippen molar-refractivity contribution >= 4 is 53.7 Å². The van der Waals surface area contributed by atoms with Crippen LogP contribution >= 0.6 is 31.9 Å². The molecular weight excluding hydrogens is 390 g/mol. The van der Waals surface area contributed by atoms with Crippen LogP contribution in [0.4, 0.5) is 0 Å². The Morgan fingerprint density at radius 3 is 1.81 bits per heavy atom. The van der Waals surface area contributed by atoms with Crippen molar-refractivity contribution in [2.75, 3.05) is 0 Å². The van der Waals surface area contributed by atoms with Crippen LogP contribution in [0, 0.1) is 0 Å². The van der Waals surface area contributed by atoms with Gasteiger partial charge in [-0.25, -0.2) is 0 Å². The molecule has 0 bridgehead atoms. The fourth-order valence-corrected chi connectivity index (χ4v) is 4.07. The summed E-state index contributed by atoms with van der Waals surface area (Å²) in [7, 11) is 0. The van der Waals surface area contributed by atoms with Crippen molar-refractivity contribution in [2.24, 2.45) is 0 Å². The van der Waals surface area contributed by atoms with E-state index in [2.05, 4.69) is 103 Å². The van der Waals surface area contributed by atoms with Crippen molar-refractivity contribution in [1.29, 1.82) is 0 Å². The third kappa shape index (κ3) is 2.03. The third-order valence-electron chi connectivity index (χ3n) is 3.73. The van der Waals surface area contributed by atoms with Crippen LogP contribution in [0.2, 0.25) is 0 Å². The van der Waals surface area contributed by atoms with E-state index < -0.39 is 0 Å². The molecule has 1 heterocycles. The first-order valence-electron chi connectivity index (χ1n) is 6.69. The first-order valence-corrected chi connectivity index (χ1v) is 8.28. The van der Waals surface area contributed by atoms with Gasteiger partial charge in [0.05, 0.1) is 16.7 Å². The molecule has 1 nitrogen and oxygen atoms in total. The van der Waals surface area contributed by atoms with Gasteiger partial charge in [0.25, 0.3) is 0 Å². The maximum Gasteiger partial charge on any atom is 0.0605 e. The van der Waals surface area contributed by atoms with Gasteiger partial charge < -0.3 is 4.57 Å². The molecule has 3 heteroatoms. The second kappa shape index (κ2) is 5.00. The number of hydrogen-bond donors (Lipinski definition) is 0. The lowest BCUT2D eigenvalue weighted by Crippen LogP contribution is -1.94. The number of nitrogens with zero attached hydrogens (tertiary/aromatic N) is 1. The molecule has 0 aliphatic rings. The number of hydrogen-bond acceptors (Lipinski definition) is 0. The number of benzene rings is 3. The van der Waals surface area contributed by atoms with Crippen LogP contribution in [0.15, 0.2) is 75.7 Å². The molecule has 3 aromatic carbocycles. The number of rotatable bonds is 1. The predicted octanol–water partition coefficient (Wildman–Crippen LogP) is 6.31. The standard InChI is InChI=1S/C18H11Br2N/c19-12-9-10-18(15(20)11-12)21-16-7-3-1-5-13(16)14-6-2-4-8-17(14)21/h1-11H. The van der Waals surface area contributed by atoms with Crippen molar-refractivity contribution in [3.63, 3.8) is 0 Å². The molecule has 0 amide bonds. The van der Waals surface area contributed by atoms with Crippen LogP contribution in [-0.4, -0.2) is 4.57 Å². The highest BCUT2D eigenvalue weighted by Gasteiger charge is 2.13. The SMILES string of the molecule is Brc1ccc(-n2c3ccccc3c3ccccc32)c(Br)c1. The zero-order valence-corrected chi connectivity index (χ0v) is 14.2. The Labute approximate surface area is 139 Å². The molecule has 0 unspecified atom stereocenters. The van der Waals surface area contributed by atoms with Crippen molar-refractivity contribution in [1.82, 2.24) is 4.57 Å². The van der Waals surface area contributed by atoms with Gasteiger partial charge in [-0.1, -0.05) is 52.3 Å². The van der Waals surface area contributed by atoms with Gasteiger partial charge in [0.2, 0.25) is 0 Å². The van der Waals surface area contributed by atoms with Crippen LogP contribution < -0.4 is 0 Å². The number of fused-ring (bicyclic) bond motifs is 3. The molecule has 1 aromatic heterocycles. The molecule has 0 aliphatic heterocycles. The molecule has 0 spiro atoms. The van der Waals surface area contributed by atoms with Gasteiger partial charge in [0.1, 0.15) is 0 Å². The van der Waals surface area contributed by atoms with E-state index in [1.165, 1.54) is 21.8 Å². The van der Waals surface area contributed by atoms with Crippen molar-refractivity contribution < 1.29 is 0 Å². The Bertz CT molecular complexity index is 916. The molecule has 0 aliphatic carbocycles. The normalized spacial score (nSPS) is 11.3. The second-order valence-corrected chi connectivity index (χ2v) is 6.74. The largest absolute Gasteiger partial charge is 0.308 e. The Morgan fingerprint density at radius 1 is 0.667 bits per heavy atom. The third-order valence-corrected chi connectivity index (χ3v) is 4.86. The molecule has 0 saturated carbocycles. The van der Waals surface area contributed by atoms with Crippen LogP contribution in [0.3, 0.4) is 0 Å². The van der Waals surface area contributed by atoms with Gasteiger partial charge in [0.15, 0.2) is 0 Å². The van der Waals surface area contributed by atoms with E-state index in [-0.39, 0.29) is 0 Å². The highest BCUT2D eigenvalue weighted by Crippen LogP contribution is 2.35. The summed E-state index contributed by atoms with van der Waals surface area (Å²) in [6, 6.07) is 23.4. The summed E-state index contributed by atoms with van der Waals surface area (Å²) < 4.78 is 4.45. The molecule has 4 rings (SSSR count). The first kappa shape index (κ1) is 13.1. The molecular formula is C18H11Br2N. The summed E-state index contributed by atoms with van der Waals surface area (Å²) in [6.07, 6.45) is 0. The molecule has 102 valence electrons. The maximum absolute atomic E-state index is 3.69. The summed E-state index contributed by atoms with van der Waals surface area (Å²) in [5.41, 5.74) is 3.60. The number of para-hydroxylation sites is 2. The zero-order valence-electron chi connectivity index (χ0n) is 11.1. The Hall–Kier alpha value is -1.58. The van der Waals surface area contributed by atoms with E-state index in [0.717, 1.165) is 14.6 Å². The van der Waals surface area contributed by atoms with Gasteiger partial charge in [-0.15, -0.1) is 0 Å². The van der Waals surface area contributed by atoms with E-state index in [0.29, 0.717) is 0 Å². The second-order valence-electron chi connectivity index (χ2n) is 4.97. The zero-order chi connectivity index (χ0) is 14.4. The number of halogens is 2. The smallest absolute Gasteiger partial charge is 0.0605 e. The minimum atomic E-state index is 1.07. The minimum Gasteiger partial charge on any atom is -0.308 e. The Balaban J connectivity index is 2.20. The summed E-state index contributed by atoms with van der Waals surface area (Å²) in [5.74, 6) is 0. The van der Waals surface area contributed by atoms with Gasteiger partial charge in [-0.2, -0.15) is 0 Å². The van der Waals surface area contributed by atoms with E-state index in [4.69, 9.17) is 0 Å².